The first-order chi connectivity index (χ1) is 15.9. The molecule has 2 heterocycles. The van der Waals surface area contributed by atoms with E-state index in [1.165, 1.54) is 11.8 Å². The molecule has 0 N–H and O–H groups in total. The maximum atomic E-state index is 13.7. The smallest absolute Gasteiger partial charge is 0.271 e. The van der Waals surface area contributed by atoms with E-state index in [1.54, 1.807) is 4.90 Å². The quantitative estimate of drug-likeness (QED) is 0.425. The predicted molar refractivity (Wildman–Crippen MR) is 135 cm³/mol. The van der Waals surface area contributed by atoms with Crippen LogP contribution in [0.5, 0.6) is 11.5 Å². The van der Waals surface area contributed by atoms with Gasteiger partial charge in [-0.2, -0.15) is 0 Å². The summed E-state index contributed by atoms with van der Waals surface area (Å²) in [5.74, 6) is 1.32. The first kappa shape index (κ1) is 21.3. The minimum atomic E-state index is -0.0876. The molecule has 0 aliphatic carbocycles. The van der Waals surface area contributed by atoms with Gasteiger partial charge in [0, 0.05) is 0 Å². The number of aliphatic imine (C=N–C) groups is 1. The van der Waals surface area contributed by atoms with E-state index in [0.717, 1.165) is 44.9 Å². The highest BCUT2D eigenvalue weighted by Crippen LogP contribution is 2.40. The fraction of sp³-hybridized carbons (Fsp3) is 0.185. The molecule has 5 nitrogen and oxygen atoms in total. The summed E-state index contributed by atoms with van der Waals surface area (Å²) < 4.78 is 10.9. The predicted octanol–water partition coefficient (Wildman–Crippen LogP) is 6.46. The highest BCUT2D eigenvalue weighted by molar-refractivity contribution is 8.19. The second-order valence-electron chi connectivity index (χ2n) is 8.34. The van der Waals surface area contributed by atoms with Crippen LogP contribution >= 0.6 is 11.8 Å². The van der Waals surface area contributed by atoms with E-state index < -0.39 is 0 Å². The highest BCUT2D eigenvalue weighted by atomic mass is 32.2. The van der Waals surface area contributed by atoms with Crippen LogP contribution in [0.3, 0.4) is 0 Å². The van der Waals surface area contributed by atoms with E-state index in [2.05, 4.69) is 18.2 Å². The molecule has 0 radical (unpaired) electrons. The number of carbonyl (C=O) groups excluding carboxylic acids is 1. The number of thioether (sulfide) groups is 1. The number of amidine groups is 1. The normalized spacial score (nSPS) is 17.5. The van der Waals surface area contributed by atoms with Crippen molar-refractivity contribution in [1.82, 2.24) is 0 Å². The van der Waals surface area contributed by atoms with E-state index in [1.807, 2.05) is 70.2 Å². The molecule has 1 fully saturated rings. The number of nitrogens with zero attached hydrogens (tertiary/aromatic N) is 2. The number of carbonyl (C=O) groups is 1. The monoisotopic (exact) mass is 456 g/mol. The summed E-state index contributed by atoms with van der Waals surface area (Å²) >= 11 is 1.39. The second-order valence-corrected chi connectivity index (χ2v) is 9.35. The number of hydrogen-bond donors (Lipinski definition) is 0. The Bertz CT molecular complexity index is 1340. The lowest BCUT2D eigenvalue weighted by Gasteiger charge is -2.19. The molecule has 5 rings (SSSR count). The molecule has 1 amide bonds. The van der Waals surface area contributed by atoms with Gasteiger partial charge in [-0.25, -0.2) is 4.99 Å². The molecular weight excluding hydrogens is 432 g/mol. The van der Waals surface area contributed by atoms with Gasteiger partial charge >= 0.3 is 0 Å². The number of anilines is 1. The lowest BCUT2D eigenvalue weighted by Crippen LogP contribution is -2.29. The topological polar surface area (TPSA) is 51.1 Å². The molecule has 2 aliphatic rings. The van der Waals surface area contributed by atoms with Crippen molar-refractivity contribution < 1.29 is 14.3 Å². The average Bonchev–Trinajstić information content (AvgIpc) is 3.37. The van der Waals surface area contributed by atoms with Gasteiger partial charge in [0.15, 0.2) is 16.7 Å². The van der Waals surface area contributed by atoms with E-state index >= 15 is 0 Å². The average molecular weight is 457 g/mol. The lowest BCUT2D eigenvalue weighted by molar-refractivity contribution is -0.113. The fourth-order valence-corrected chi connectivity index (χ4v) is 4.81. The molecule has 0 aromatic heterocycles. The molecule has 0 bridgehead atoms. The number of aryl methyl sites for hydroxylation is 4. The number of ether oxygens (including phenoxy) is 2. The maximum Gasteiger partial charge on any atom is 0.271 e. The second kappa shape index (κ2) is 8.45. The Morgan fingerprint density at radius 3 is 2.42 bits per heavy atom. The number of amides is 1. The Kier molecular flexibility index (Phi) is 5.46. The van der Waals surface area contributed by atoms with Crippen molar-refractivity contribution in [2.45, 2.75) is 27.7 Å². The molecule has 6 heteroatoms. The maximum absolute atomic E-state index is 13.7. The van der Waals surface area contributed by atoms with Crippen molar-refractivity contribution in [3.8, 4) is 11.5 Å². The molecule has 3 aromatic rings. The summed E-state index contributed by atoms with van der Waals surface area (Å²) in [6, 6.07) is 18.0. The van der Waals surface area contributed by atoms with Gasteiger partial charge in [-0.15, -0.1) is 0 Å². The number of hydrogen-bond acceptors (Lipinski definition) is 5. The third-order valence-corrected chi connectivity index (χ3v) is 6.66. The molecule has 0 unspecified atom stereocenters. The lowest BCUT2D eigenvalue weighted by atomic mass is 10.1. The van der Waals surface area contributed by atoms with Crippen molar-refractivity contribution in [2.75, 3.05) is 11.7 Å². The molecule has 0 atom stereocenters. The Labute approximate surface area is 197 Å². The molecule has 166 valence electrons. The summed E-state index contributed by atoms with van der Waals surface area (Å²) in [6.07, 6.45) is 1.89. The van der Waals surface area contributed by atoms with Gasteiger partial charge in [-0.3, -0.25) is 9.69 Å². The van der Waals surface area contributed by atoms with E-state index in [9.17, 15) is 4.79 Å². The molecule has 0 spiro atoms. The zero-order valence-corrected chi connectivity index (χ0v) is 19.8. The third kappa shape index (κ3) is 4.14. The van der Waals surface area contributed by atoms with Gasteiger partial charge in [-0.05, 0) is 97.6 Å². The summed E-state index contributed by atoms with van der Waals surface area (Å²) in [7, 11) is 0. The van der Waals surface area contributed by atoms with E-state index in [0.29, 0.717) is 15.8 Å². The first-order valence-corrected chi connectivity index (χ1v) is 11.6. The molecule has 2 aliphatic heterocycles. The molecule has 33 heavy (non-hydrogen) atoms. The summed E-state index contributed by atoms with van der Waals surface area (Å²) in [6.45, 7) is 8.34. The van der Waals surface area contributed by atoms with Gasteiger partial charge in [0.25, 0.3) is 5.91 Å². The molecule has 0 saturated carbocycles. The highest BCUT2D eigenvalue weighted by Gasteiger charge is 2.35. The van der Waals surface area contributed by atoms with Crippen molar-refractivity contribution in [3.63, 3.8) is 0 Å². The molecular formula is C27H24N2O3S. The Balaban J connectivity index is 1.61. The van der Waals surface area contributed by atoms with Crippen LogP contribution < -0.4 is 14.4 Å². The minimum absolute atomic E-state index is 0.0876. The Morgan fingerprint density at radius 1 is 0.879 bits per heavy atom. The molecule has 1 saturated heterocycles. The van der Waals surface area contributed by atoms with Crippen molar-refractivity contribution in [2.24, 2.45) is 4.99 Å². The number of rotatable bonds is 3. The van der Waals surface area contributed by atoms with Gasteiger partial charge in [0.2, 0.25) is 6.79 Å². The van der Waals surface area contributed by atoms with Gasteiger partial charge in [-0.1, -0.05) is 30.3 Å². The van der Waals surface area contributed by atoms with Crippen LogP contribution in [0.2, 0.25) is 0 Å². The molecule has 3 aromatic carbocycles. The SMILES string of the molecule is Cc1ccc(C)c(N=C2SC(=Cc3ccc4c(c3)OCO4)C(=O)N2c2cc(C)ccc2C)c1. The van der Waals surface area contributed by atoms with Crippen LogP contribution in [0, 0.1) is 27.7 Å². The Hall–Kier alpha value is -3.51. The van der Waals surface area contributed by atoms with Crippen molar-refractivity contribution in [1.29, 1.82) is 0 Å². The minimum Gasteiger partial charge on any atom is -0.454 e. The summed E-state index contributed by atoms with van der Waals surface area (Å²) in [5, 5.41) is 0.648. The number of benzene rings is 3. The van der Waals surface area contributed by atoms with Gasteiger partial charge in [0.1, 0.15) is 0 Å². The van der Waals surface area contributed by atoms with E-state index in [-0.39, 0.29) is 12.7 Å². The van der Waals surface area contributed by atoms with Crippen LogP contribution in [0.15, 0.2) is 64.5 Å². The van der Waals surface area contributed by atoms with Crippen LogP contribution in [0.4, 0.5) is 11.4 Å². The van der Waals surface area contributed by atoms with Crippen LogP contribution in [-0.2, 0) is 4.79 Å². The summed E-state index contributed by atoms with van der Waals surface area (Å²) in [4.78, 5) is 20.9. The van der Waals surface area contributed by atoms with Crippen molar-refractivity contribution >= 4 is 40.3 Å². The van der Waals surface area contributed by atoms with Crippen molar-refractivity contribution in [3.05, 3.63) is 87.3 Å². The zero-order chi connectivity index (χ0) is 23.1. The summed E-state index contributed by atoms with van der Waals surface area (Å²) in [5.41, 5.74) is 6.90. The largest absolute Gasteiger partial charge is 0.454 e. The van der Waals surface area contributed by atoms with E-state index in [4.69, 9.17) is 14.5 Å². The fourth-order valence-electron chi connectivity index (χ4n) is 3.82. The zero-order valence-electron chi connectivity index (χ0n) is 19.0. The van der Waals surface area contributed by atoms with Crippen LogP contribution in [0.25, 0.3) is 6.08 Å². The van der Waals surface area contributed by atoms with Crippen LogP contribution in [-0.4, -0.2) is 17.9 Å². The van der Waals surface area contributed by atoms with Gasteiger partial charge < -0.3 is 9.47 Å². The Morgan fingerprint density at radius 2 is 1.61 bits per heavy atom. The van der Waals surface area contributed by atoms with Crippen LogP contribution in [0.1, 0.15) is 27.8 Å². The number of fused-ring (bicyclic) bond motifs is 1. The third-order valence-electron chi connectivity index (χ3n) is 5.69. The standard InChI is InChI=1S/C27H24N2O3S/c1-16-5-7-18(3)21(11-16)28-27-29(22-12-17(2)6-8-19(22)4)26(30)25(33-27)14-20-9-10-23-24(13-20)32-15-31-23/h5-14H,15H2,1-4H3. The van der Waals surface area contributed by atoms with Gasteiger partial charge in [0.05, 0.1) is 16.3 Å². The first-order valence-electron chi connectivity index (χ1n) is 10.8.